The summed E-state index contributed by atoms with van der Waals surface area (Å²) in [5.41, 5.74) is 7.58. The minimum absolute atomic E-state index is 0.0131. The third-order valence-corrected chi connectivity index (χ3v) is 5.83. The molecule has 2 N–H and O–H groups in total. The van der Waals surface area contributed by atoms with Crippen molar-refractivity contribution in [2.24, 2.45) is 5.92 Å². The number of rotatable bonds is 10. The molecule has 1 aromatic carbocycles. The molecule has 0 amide bonds. The predicted octanol–water partition coefficient (Wildman–Crippen LogP) is 3.70. The van der Waals surface area contributed by atoms with Gasteiger partial charge in [0.25, 0.3) is 0 Å². The van der Waals surface area contributed by atoms with E-state index < -0.39 is 16.6 Å². The summed E-state index contributed by atoms with van der Waals surface area (Å²) in [7, 11) is 0. The molecule has 2 aromatic rings. The van der Waals surface area contributed by atoms with Crippen LogP contribution in [0.15, 0.2) is 24.3 Å². The van der Waals surface area contributed by atoms with Crippen LogP contribution in [0.4, 0.5) is 17.3 Å². The molecular formula is C22H29N5O4S. The summed E-state index contributed by atoms with van der Waals surface area (Å²) in [4.78, 5) is 33.2. The average molecular weight is 460 g/mol. The van der Waals surface area contributed by atoms with Gasteiger partial charge in [-0.05, 0) is 30.4 Å². The van der Waals surface area contributed by atoms with E-state index in [-0.39, 0.29) is 42.9 Å². The second-order valence-electron chi connectivity index (χ2n) is 7.95. The Morgan fingerprint density at radius 3 is 2.69 bits per heavy atom. The number of anilines is 2. The van der Waals surface area contributed by atoms with Gasteiger partial charge in [0.2, 0.25) is 11.6 Å². The summed E-state index contributed by atoms with van der Waals surface area (Å²) in [6.45, 7) is 1.95. The number of thiol groups is 1. The molecule has 1 aliphatic carbocycles. The number of aromatic nitrogens is 2. The van der Waals surface area contributed by atoms with Crippen molar-refractivity contribution in [3.05, 3.63) is 51.3 Å². The average Bonchev–Trinajstić information content (AvgIpc) is 3.25. The van der Waals surface area contributed by atoms with Crippen molar-refractivity contribution in [2.45, 2.75) is 51.3 Å². The van der Waals surface area contributed by atoms with Crippen LogP contribution in [0.25, 0.3) is 0 Å². The molecule has 0 bridgehead atoms. The minimum atomic E-state index is -0.623. The Labute approximate surface area is 192 Å². The third kappa shape index (κ3) is 6.09. The number of hydrogen-bond donors (Lipinski definition) is 2. The molecule has 0 unspecified atom stereocenters. The van der Waals surface area contributed by atoms with Gasteiger partial charge in [0.15, 0.2) is 0 Å². The maximum absolute atomic E-state index is 12.3. The van der Waals surface area contributed by atoms with E-state index in [0.717, 1.165) is 12.0 Å². The number of carbonyl (C=O) groups excluding carboxylic acids is 1. The number of nitrogen functional groups attached to an aromatic ring is 1. The molecule has 3 rings (SSSR count). The largest absolute Gasteiger partial charge is 0.465 e. The lowest BCUT2D eigenvalue weighted by Gasteiger charge is -2.23. The summed E-state index contributed by atoms with van der Waals surface area (Å²) in [5.74, 6) is 0.318. The van der Waals surface area contributed by atoms with Crippen molar-refractivity contribution >= 4 is 35.9 Å². The van der Waals surface area contributed by atoms with Crippen LogP contribution in [0.2, 0.25) is 0 Å². The lowest BCUT2D eigenvalue weighted by Crippen LogP contribution is -2.32. The molecule has 9 nitrogen and oxygen atoms in total. The van der Waals surface area contributed by atoms with Crippen LogP contribution in [0.5, 0.6) is 0 Å². The van der Waals surface area contributed by atoms with Crippen molar-refractivity contribution < 1.29 is 14.5 Å². The first-order chi connectivity index (χ1) is 15.4. The molecule has 0 aliphatic heterocycles. The molecule has 0 radical (unpaired) electrons. The minimum Gasteiger partial charge on any atom is -0.465 e. The molecule has 0 spiro atoms. The number of hydrogen-bond acceptors (Lipinski definition) is 9. The molecule has 1 saturated carbocycles. The molecule has 0 saturated heterocycles. The lowest BCUT2D eigenvalue weighted by molar-refractivity contribution is -0.383. The number of nitrogens with two attached hydrogens (primary N) is 1. The predicted molar refractivity (Wildman–Crippen MR) is 126 cm³/mol. The highest BCUT2D eigenvalue weighted by atomic mass is 32.1. The molecule has 10 heteroatoms. The Bertz CT molecular complexity index is 965. The van der Waals surface area contributed by atoms with Crippen LogP contribution in [-0.4, -0.2) is 34.0 Å². The van der Waals surface area contributed by atoms with Gasteiger partial charge in [0.1, 0.15) is 12.4 Å². The number of benzene rings is 1. The van der Waals surface area contributed by atoms with E-state index >= 15 is 0 Å². The first kappa shape index (κ1) is 23.8. The first-order valence-electron chi connectivity index (χ1n) is 10.8. The molecule has 1 heterocycles. The van der Waals surface area contributed by atoms with Crippen molar-refractivity contribution in [2.75, 3.05) is 23.8 Å². The Balaban J connectivity index is 1.94. The molecular weight excluding hydrogens is 430 g/mol. The van der Waals surface area contributed by atoms with Crippen molar-refractivity contribution in [1.82, 2.24) is 9.97 Å². The van der Waals surface area contributed by atoms with E-state index in [0.29, 0.717) is 5.92 Å². The zero-order chi connectivity index (χ0) is 23.1. The highest BCUT2D eigenvalue weighted by molar-refractivity contribution is 7.79. The fourth-order valence-corrected chi connectivity index (χ4v) is 4.31. The van der Waals surface area contributed by atoms with Crippen LogP contribution < -0.4 is 10.6 Å². The molecule has 172 valence electrons. The first-order valence-corrected chi connectivity index (χ1v) is 11.4. The normalized spacial score (nSPS) is 13.8. The number of nitrogens with zero attached hydrogens (tertiary/aromatic N) is 4. The standard InChI is InChI=1S/C22H29N5O4S/c1-2-31-19(28)13-26(22-20(27(29)30)21(23)24-18(14-32)25-22)12-17-9-5-8-16(11-17)10-15-6-3-4-7-15/h5,8-9,11,15,32H,2-4,6-7,10,12-14H2,1H3,(H2,23,24,25). The van der Waals surface area contributed by atoms with Gasteiger partial charge in [-0.15, -0.1) is 0 Å². The van der Waals surface area contributed by atoms with Crippen LogP contribution in [0.3, 0.4) is 0 Å². The van der Waals surface area contributed by atoms with Crippen molar-refractivity contribution in [3.8, 4) is 0 Å². The van der Waals surface area contributed by atoms with E-state index in [1.165, 1.54) is 36.1 Å². The fourth-order valence-electron chi connectivity index (χ4n) is 4.16. The number of esters is 1. The van der Waals surface area contributed by atoms with Crippen molar-refractivity contribution in [1.29, 1.82) is 0 Å². The zero-order valence-electron chi connectivity index (χ0n) is 18.2. The Morgan fingerprint density at radius 2 is 2.03 bits per heavy atom. The van der Waals surface area contributed by atoms with Gasteiger partial charge in [0, 0.05) is 6.54 Å². The van der Waals surface area contributed by atoms with E-state index in [9.17, 15) is 14.9 Å². The van der Waals surface area contributed by atoms with Crippen LogP contribution in [0, 0.1) is 16.0 Å². The maximum atomic E-state index is 12.3. The molecule has 1 aliphatic rings. The third-order valence-electron chi connectivity index (χ3n) is 5.55. The topological polar surface area (TPSA) is 124 Å². The molecule has 1 aromatic heterocycles. The van der Waals surface area contributed by atoms with Crippen molar-refractivity contribution in [3.63, 3.8) is 0 Å². The molecule has 1 fully saturated rings. The van der Waals surface area contributed by atoms with Gasteiger partial charge in [-0.3, -0.25) is 14.9 Å². The van der Waals surface area contributed by atoms with E-state index in [1.807, 2.05) is 12.1 Å². The highest BCUT2D eigenvalue weighted by Crippen LogP contribution is 2.33. The van der Waals surface area contributed by atoms with E-state index in [2.05, 4.69) is 34.7 Å². The van der Waals surface area contributed by atoms with Crippen LogP contribution in [-0.2, 0) is 28.2 Å². The SMILES string of the molecule is CCOC(=O)CN(Cc1cccc(CC2CCCC2)c1)c1nc(CS)nc(N)c1[N+](=O)[O-]. The Hall–Kier alpha value is -2.88. The maximum Gasteiger partial charge on any atom is 0.353 e. The Morgan fingerprint density at radius 1 is 1.31 bits per heavy atom. The molecule has 32 heavy (non-hydrogen) atoms. The van der Waals surface area contributed by atoms with E-state index in [1.54, 1.807) is 6.92 Å². The van der Waals surface area contributed by atoms with Gasteiger partial charge in [0.05, 0.1) is 17.3 Å². The summed E-state index contributed by atoms with van der Waals surface area (Å²) >= 11 is 4.17. The summed E-state index contributed by atoms with van der Waals surface area (Å²) in [5, 5.41) is 11.7. The summed E-state index contributed by atoms with van der Waals surface area (Å²) in [6, 6.07) is 8.10. The molecule has 0 atom stereocenters. The second kappa shape index (κ2) is 11.1. The second-order valence-corrected chi connectivity index (χ2v) is 8.26. The number of nitro groups is 1. The number of ether oxygens (including phenoxy) is 1. The smallest absolute Gasteiger partial charge is 0.353 e. The van der Waals surface area contributed by atoms with Gasteiger partial charge in [-0.1, -0.05) is 49.9 Å². The van der Waals surface area contributed by atoms with Gasteiger partial charge >= 0.3 is 11.7 Å². The van der Waals surface area contributed by atoms with Crippen LogP contribution in [0.1, 0.15) is 49.6 Å². The van der Waals surface area contributed by atoms with Gasteiger partial charge < -0.3 is 15.4 Å². The fraction of sp³-hybridized carbons (Fsp3) is 0.500. The quantitative estimate of drug-likeness (QED) is 0.238. The number of carbonyl (C=O) groups is 1. The lowest BCUT2D eigenvalue weighted by atomic mass is 9.97. The van der Waals surface area contributed by atoms with Crippen LogP contribution >= 0.6 is 12.6 Å². The summed E-state index contributed by atoms with van der Waals surface area (Å²) < 4.78 is 5.09. The zero-order valence-corrected chi connectivity index (χ0v) is 19.1. The Kier molecular flexibility index (Phi) is 8.26. The van der Waals surface area contributed by atoms with E-state index in [4.69, 9.17) is 10.5 Å². The van der Waals surface area contributed by atoms with Gasteiger partial charge in [-0.25, -0.2) is 9.97 Å². The van der Waals surface area contributed by atoms with Gasteiger partial charge in [-0.2, -0.15) is 12.6 Å². The monoisotopic (exact) mass is 459 g/mol. The highest BCUT2D eigenvalue weighted by Gasteiger charge is 2.29. The summed E-state index contributed by atoms with van der Waals surface area (Å²) in [6.07, 6.45) is 6.07.